The molecule has 3 rings (SSSR count). The Morgan fingerprint density at radius 2 is 0.759 bits per heavy atom. The molecule has 0 bridgehead atoms. The van der Waals surface area contributed by atoms with Gasteiger partial charge in [0.25, 0.3) is 0 Å². The van der Waals surface area contributed by atoms with Gasteiger partial charge in [0.05, 0.1) is 36.2 Å². The number of carboxylic acids is 3. The molecule has 2 radical (unpaired) electrons. The summed E-state index contributed by atoms with van der Waals surface area (Å²) in [6, 6.07) is 0. The standard InChI is InChI=1S/3C5H8O3.3ClH.2Cr/c3*6-5(7)4-2-1-3-8-4;;;;;/h3*4H,1-3H2,(H,6,7);3*1H;;/q;;;;;;2*+3/p-6. The van der Waals surface area contributed by atoms with E-state index in [1.54, 1.807) is 0 Å². The molecule has 3 atom stereocenters. The average molecular weight is 556 g/mol. The van der Waals surface area contributed by atoms with Gasteiger partial charge in [-0.1, -0.05) is 0 Å². The van der Waals surface area contributed by atoms with Crippen molar-refractivity contribution in [2.24, 2.45) is 0 Å². The summed E-state index contributed by atoms with van der Waals surface area (Å²) in [7, 11) is 0. The van der Waals surface area contributed by atoms with Crippen molar-refractivity contribution in [1.29, 1.82) is 0 Å². The summed E-state index contributed by atoms with van der Waals surface area (Å²) >= 11 is 0. The molecule has 3 fully saturated rings. The predicted octanol–water partition coefficient (Wildman–Crippen LogP) is -12.2. The van der Waals surface area contributed by atoms with Crippen molar-refractivity contribution in [3.8, 4) is 0 Å². The minimum Gasteiger partial charge on any atom is -1.00 e. The van der Waals surface area contributed by atoms with Crippen molar-refractivity contribution in [2.75, 3.05) is 19.8 Å². The van der Waals surface area contributed by atoms with E-state index in [9.17, 15) is 29.7 Å². The van der Waals surface area contributed by atoms with E-state index in [0.717, 1.165) is 19.3 Å². The van der Waals surface area contributed by atoms with E-state index >= 15 is 0 Å². The summed E-state index contributed by atoms with van der Waals surface area (Å²) in [6.07, 6.45) is 2.49. The Bertz CT molecular complexity index is 367. The number of rotatable bonds is 3. The van der Waals surface area contributed by atoms with Crippen LogP contribution in [0.2, 0.25) is 0 Å². The van der Waals surface area contributed by atoms with Crippen LogP contribution in [0.4, 0.5) is 0 Å². The summed E-state index contributed by atoms with van der Waals surface area (Å²) < 4.78 is 14.3. The Hall–Kier alpha value is 0.225. The van der Waals surface area contributed by atoms with Gasteiger partial charge in [-0.25, -0.2) is 0 Å². The number of carbonyl (C=O) groups excluding carboxylic acids is 3. The van der Waals surface area contributed by atoms with Gasteiger partial charge in [-0.3, -0.25) is 0 Å². The van der Waals surface area contributed by atoms with Crippen LogP contribution in [0.3, 0.4) is 0 Å². The van der Waals surface area contributed by atoms with Gasteiger partial charge in [0.2, 0.25) is 0 Å². The van der Waals surface area contributed by atoms with Crippen LogP contribution in [0, 0.1) is 0 Å². The Kier molecular flexibility index (Phi) is 31.3. The zero-order valence-electron chi connectivity index (χ0n) is 15.2. The first-order valence-electron chi connectivity index (χ1n) is 7.89. The molecule has 0 saturated carbocycles. The summed E-state index contributed by atoms with van der Waals surface area (Å²) in [5.74, 6) is -3.24. The molecule has 0 amide bonds. The maximum absolute atomic E-state index is 9.97. The number of halogens is 3. The van der Waals surface area contributed by atoms with Crippen molar-refractivity contribution in [1.82, 2.24) is 0 Å². The quantitative estimate of drug-likeness (QED) is 0.331. The van der Waals surface area contributed by atoms with Gasteiger partial charge in [-0.05, 0) is 38.5 Å². The fourth-order valence-corrected chi connectivity index (χ4v) is 2.29. The fraction of sp³-hybridized carbons (Fsp3) is 0.800. The third kappa shape index (κ3) is 17.6. The van der Waals surface area contributed by atoms with Crippen LogP contribution < -0.4 is 52.5 Å². The molecule has 3 saturated heterocycles. The monoisotopic (exact) mass is 554 g/mol. The average Bonchev–Trinajstić information content (AvgIpc) is 3.29. The van der Waals surface area contributed by atoms with Gasteiger partial charge >= 0.3 is 34.7 Å². The SMILES string of the molecule is O=C([O-])C1CCCO1.O=C([O-])C1CCCO1.O=C([O-])C1CCCO1.[Cl-].[Cl-].[Cl-].[Cr+3].[Cr+3]. The maximum atomic E-state index is 9.97. The van der Waals surface area contributed by atoms with Crippen molar-refractivity contribution in [2.45, 2.75) is 56.8 Å². The number of ether oxygens (including phenoxy) is 3. The van der Waals surface area contributed by atoms with Gasteiger partial charge in [-0.2, -0.15) is 0 Å². The van der Waals surface area contributed by atoms with E-state index in [1.165, 1.54) is 0 Å². The van der Waals surface area contributed by atoms with E-state index in [-0.39, 0.29) is 71.9 Å². The molecule has 168 valence electrons. The minimum absolute atomic E-state index is 0. The van der Waals surface area contributed by atoms with Gasteiger partial charge in [0.15, 0.2) is 0 Å². The Morgan fingerprint density at radius 1 is 0.552 bits per heavy atom. The van der Waals surface area contributed by atoms with Crippen LogP contribution in [0.5, 0.6) is 0 Å². The second-order valence-corrected chi connectivity index (χ2v) is 5.46. The third-order valence-corrected chi connectivity index (χ3v) is 3.58. The molecule has 3 aliphatic rings. The normalized spacial score (nSPS) is 23.4. The molecule has 9 nitrogen and oxygen atoms in total. The van der Waals surface area contributed by atoms with E-state index in [2.05, 4.69) is 0 Å². The minimum atomic E-state index is -1.08. The molecule has 3 heterocycles. The number of hydrogen-bond donors (Lipinski definition) is 0. The van der Waals surface area contributed by atoms with Crippen LogP contribution in [0.15, 0.2) is 0 Å². The van der Waals surface area contributed by atoms with Crippen molar-refractivity contribution in [3.63, 3.8) is 0 Å². The second kappa shape index (κ2) is 22.9. The van der Waals surface area contributed by atoms with Crippen molar-refractivity contribution < 1.29 is 116 Å². The zero-order chi connectivity index (χ0) is 17.9. The van der Waals surface area contributed by atoms with Crippen LogP contribution in [-0.4, -0.2) is 56.0 Å². The Morgan fingerprint density at radius 3 is 0.828 bits per heavy atom. The first-order chi connectivity index (χ1) is 11.4. The van der Waals surface area contributed by atoms with Crippen LogP contribution in [0.25, 0.3) is 0 Å². The molecular weight excluding hydrogens is 535 g/mol. The van der Waals surface area contributed by atoms with E-state index < -0.39 is 36.2 Å². The molecule has 0 aliphatic carbocycles. The largest absolute Gasteiger partial charge is 3.00 e. The van der Waals surface area contributed by atoms with Crippen LogP contribution in [0.1, 0.15) is 38.5 Å². The maximum Gasteiger partial charge on any atom is 3.00 e. The first-order valence-corrected chi connectivity index (χ1v) is 7.89. The van der Waals surface area contributed by atoms with Gasteiger partial charge in [0, 0.05) is 19.8 Å². The third-order valence-electron chi connectivity index (χ3n) is 3.58. The Balaban J connectivity index is -0.0000000914. The van der Waals surface area contributed by atoms with Gasteiger partial charge in [0.1, 0.15) is 0 Å². The second-order valence-electron chi connectivity index (χ2n) is 5.46. The van der Waals surface area contributed by atoms with Crippen molar-refractivity contribution >= 4 is 17.9 Å². The molecule has 0 aromatic rings. The molecule has 29 heavy (non-hydrogen) atoms. The van der Waals surface area contributed by atoms with E-state index in [4.69, 9.17) is 14.2 Å². The van der Waals surface area contributed by atoms with Crippen molar-refractivity contribution in [3.05, 3.63) is 0 Å². The van der Waals surface area contributed by atoms with Crippen LogP contribution in [-0.2, 0) is 63.3 Å². The Labute approximate surface area is 209 Å². The van der Waals surface area contributed by atoms with E-state index in [1.807, 2.05) is 0 Å². The molecule has 3 unspecified atom stereocenters. The van der Waals surface area contributed by atoms with Gasteiger partial charge < -0.3 is 81.1 Å². The predicted molar refractivity (Wildman–Crippen MR) is 71.9 cm³/mol. The number of aliphatic carboxylic acids is 3. The first kappa shape index (κ1) is 39.7. The summed E-state index contributed by atoms with van der Waals surface area (Å²) in [4.78, 5) is 29.9. The molecular formula is C15H21Cl3Cr2O9. The fourth-order valence-electron chi connectivity index (χ4n) is 2.29. The molecule has 0 aromatic carbocycles. The summed E-state index contributed by atoms with van der Waals surface area (Å²) in [5, 5.41) is 29.9. The van der Waals surface area contributed by atoms with E-state index in [0.29, 0.717) is 39.1 Å². The van der Waals surface area contributed by atoms with Crippen LogP contribution >= 0.6 is 0 Å². The smallest absolute Gasteiger partial charge is 1.00 e. The topological polar surface area (TPSA) is 148 Å². The molecule has 0 N–H and O–H groups in total. The van der Waals surface area contributed by atoms with Gasteiger partial charge in [-0.15, -0.1) is 0 Å². The number of hydrogen-bond acceptors (Lipinski definition) is 9. The number of carboxylic acid groups (broad SMARTS) is 3. The molecule has 0 spiro atoms. The molecule has 0 aromatic heterocycles. The summed E-state index contributed by atoms with van der Waals surface area (Å²) in [5.41, 5.74) is 0. The molecule has 3 aliphatic heterocycles. The molecule has 14 heteroatoms. The summed E-state index contributed by atoms with van der Waals surface area (Å²) in [6.45, 7) is 1.70. The zero-order valence-corrected chi connectivity index (χ0v) is 20.0. The number of carbonyl (C=O) groups is 3.